The average Bonchev–Trinajstić information content (AvgIpc) is 3.44. The Balaban J connectivity index is 1.37. The number of halogens is 5. The monoisotopic (exact) mass is 615 g/mol. The summed E-state index contributed by atoms with van der Waals surface area (Å²) in [5.74, 6) is -5.60. The summed E-state index contributed by atoms with van der Waals surface area (Å²) >= 11 is 6.67. The van der Waals surface area contributed by atoms with E-state index in [9.17, 15) is 32.7 Å². The largest absolute Gasteiger partial charge is 0.481 e. The Morgan fingerprint density at radius 2 is 1.67 bits per heavy atom. The molecule has 7 atom stereocenters. The number of carboxylic acid groups (broad SMARTS) is 1. The number of carbonyl (C=O) groups is 3. The summed E-state index contributed by atoms with van der Waals surface area (Å²) in [5, 5.41) is 13.3. The maximum atomic E-state index is 15.5. The van der Waals surface area contributed by atoms with Crippen LogP contribution in [0.4, 0.5) is 17.6 Å². The predicted octanol–water partition coefficient (Wildman–Crippen LogP) is 5.92. The van der Waals surface area contributed by atoms with E-state index in [2.05, 4.69) is 5.10 Å². The number of rotatable bonds is 5. The molecule has 5 aliphatic rings. The molecule has 7 unspecified atom stereocenters. The van der Waals surface area contributed by atoms with Gasteiger partial charge in [-0.2, -0.15) is 18.3 Å². The molecule has 4 fully saturated rings. The zero-order valence-electron chi connectivity index (χ0n) is 23.6. The molecule has 0 aromatic carbocycles. The van der Waals surface area contributed by atoms with Crippen LogP contribution in [0.3, 0.4) is 0 Å². The fraction of sp³-hybridized carbons (Fsp3) is 0.800. The molecule has 1 aromatic rings. The van der Waals surface area contributed by atoms with Crippen LogP contribution in [-0.2, 0) is 22.4 Å². The Bertz CT molecular complexity index is 1240. The van der Waals surface area contributed by atoms with Gasteiger partial charge in [0, 0.05) is 36.7 Å². The van der Waals surface area contributed by atoms with E-state index in [1.165, 1.54) is 4.68 Å². The van der Waals surface area contributed by atoms with Crippen molar-refractivity contribution in [2.24, 2.45) is 29.1 Å². The van der Waals surface area contributed by atoms with Gasteiger partial charge in [-0.1, -0.05) is 6.42 Å². The molecule has 1 aliphatic heterocycles. The first kappa shape index (κ1) is 29.9. The van der Waals surface area contributed by atoms with Crippen LogP contribution >= 0.6 is 11.6 Å². The van der Waals surface area contributed by atoms with Gasteiger partial charge in [-0.3, -0.25) is 14.4 Å². The second kappa shape index (κ2) is 11.1. The lowest BCUT2D eigenvalue weighted by Gasteiger charge is -2.40. The fourth-order valence-electron chi connectivity index (χ4n) is 8.41. The first-order valence-electron chi connectivity index (χ1n) is 15.4. The molecule has 2 heterocycles. The zero-order valence-corrected chi connectivity index (χ0v) is 24.3. The van der Waals surface area contributed by atoms with Crippen molar-refractivity contribution in [3.8, 4) is 0 Å². The van der Waals surface area contributed by atoms with Crippen LogP contribution < -0.4 is 0 Å². The van der Waals surface area contributed by atoms with Crippen molar-refractivity contribution in [2.45, 2.75) is 107 Å². The molecule has 1 N–H and O–H groups in total. The molecule has 1 aromatic heterocycles. The summed E-state index contributed by atoms with van der Waals surface area (Å²) in [6.45, 7) is 1.36. The summed E-state index contributed by atoms with van der Waals surface area (Å²) in [7, 11) is 0. The Kier molecular flexibility index (Phi) is 7.88. The molecule has 7 nitrogen and oxygen atoms in total. The van der Waals surface area contributed by atoms with Crippen molar-refractivity contribution in [1.82, 2.24) is 14.7 Å². The van der Waals surface area contributed by atoms with E-state index in [1.54, 1.807) is 0 Å². The van der Waals surface area contributed by atoms with Crippen LogP contribution in [0, 0.1) is 29.1 Å². The van der Waals surface area contributed by atoms with Crippen molar-refractivity contribution in [1.29, 1.82) is 0 Å². The number of carboxylic acids is 1. The molecular weight excluding hydrogens is 578 g/mol. The van der Waals surface area contributed by atoms with Crippen LogP contribution in [0.1, 0.15) is 98.3 Å². The van der Waals surface area contributed by atoms with Crippen LogP contribution in [0.15, 0.2) is 0 Å². The minimum atomic E-state index is -4.45. The van der Waals surface area contributed by atoms with Gasteiger partial charge in [-0.25, -0.2) is 9.07 Å². The van der Waals surface area contributed by atoms with E-state index in [0.717, 1.165) is 12.8 Å². The van der Waals surface area contributed by atoms with Gasteiger partial charge in [-0.15, -0.1) is 11.6 Å². The van der Waals surface area contributed by atoms with E-state index in [1.807, 2.05) is 4.90 Å². The number of aromatic nitrogens is 2. The van der Waals surface area contributed by atoms with Crippen LogP contribution in [0.5, 0.6) is 0 Å². The Labute approximate surface area is 247 Å². The van der Waals surface area contributed by atoms with Gasteiger partial charge < -0.3 is 10.0 Å². The highest BCUT2D eigenvalue weighted by Crippen LogP contribution is 2.66. The van der Waals surface area contributed by atoms with E-state index in [4.69, 9.17) is 11.6 Å². The van der Waals surface area contributed by atoms with Crippen molar-refractivity contribution in [3.63, 3.8) is 0 Å². The number of carbonyl (C=O) groups excluding carboxylic acids is 2. The molecule has 12 heteroatoms. The Morgan fingerprint density at radius 3 is 2.29 bits per heavy atom. The Hall–Kier alpha value is -2.17. The first-order valence-corrected chi connectivity index (χ1v) is 15.9. The van der Waals surface area contributed by atoms with Crippen LogP contribution in [-0.4, -0.2) is 68.4 Å². The second-order valence-electron chi connectivity index (χ2n) is 13.2. The van der Waals surface area contributed by atoms with Crippen molar-refractivity contribution < 1.29 is 37.1 Å². The number of amides is 1. The second-order valence-corrected chi connectivity index (χ2v) is 13.8. The summed E-state index contributed by atoms with van der Waals surface area (Å²) in [4.78, 5) is 41.0. The van der Waals surface area contributed by atoms with Crippen molar-refractivity contribution in [2.75, 3.05) is 13.1 Å². The van der Waals surface area contributed by atoms with Gasteiger partial charge in [0.15, 0.2) is 0 Å². The van der Waals surface area contributed by atoms with Gasteiger partial charge in [0.2, 0.25) is 5.91 Å². The number of nitrogens with zero attached hydrogens (tertiary/aromatic N) is 3. The predicted molar refractivity (Wildman–Crippen MR) is 145 cm³/mol. The third-order valence-electron chi connectivity index (χ3n) is 10.9. The molecule has 1 saturated heterocycles. The van der Waals surface area contributed by atoms with Gasteiger partial charge in [0.1, 0.15) is 6.17 Å². The highest BCUT2D eigenvalue weighted by molar-refractivity contribution is 6.22. The molecule has 4 aliphatic carbocycles. The molecule has 0 radical (unpaired) electrons. The normalized spacial score (nSPS) is 34.6. The summed E-state index contributed by atoms with van der Waals surface area (Å²) in [5.41, 5.74) is -0.371. The molecule has 232 valence electrons. The SMILES string of the molecule is O=C(O)C1CCC(c2nn(C(=O)C3C(Cl)CCCC3C3(C(F)(F)F)CC3)c3c2CCC(C(=O)N2CCCC2)C3)C(F)C1. The van der Waals surface area contributed by atoms with E-state index < -0.39 is 64.6 Å². The minimum absolute atomic E-state index is 0.00463. The van der Waals surface area contributed by atoms with Crippen molar-refractivity contribution >= 4 is 29.4 Å². The highest BCUT2D eigenvalue weighted by Gasteiger charge is 2.69. The van der Waals surface area contributed by atoms with Crippen molar-refractivity contribution in [3.05, 3.63) is 17.0 Å². The molecule has 0 spiro atoms. The van der Waals surface area contributed by atoms with E-state index in [0.29, 0.717) is 55.7 Å². The number of fused-ring (bicyclic) bond motifs is 1. The molecule has 1 amide bonds. The maximum Gasteiger partial charge on any atom is 0.394 e. The van der Waals surface area contributed by atoms with E-state index in [-0.39, 0.29) is 50.9 Å². The smallest absolute Gasteiger partial charge is 0.394 e. The summed E-state index contributed by atoms with van der Waals surface area (Å²) in [6.07, 6.45) is -1.47. The Morgan fingerprint density at radius 1 is 0.952 bits per heavy atom. The number of hydrogen-bond donors (Lipinski definition) is 1. The van der Waals surface area contributed by atoms with Crippen LogP contribution in [0.2, 0.25) is 0 Å². The van der Waals surface area contributed by atoms with Gasteiger partial charge >= 0.3 is 12.1 Å². The van der Waals surface area contributed by atoms with E-state index >= 15 is 4.39 Å². The van der Waals surface area contributed by atoms with Crippen LogP contribution in [0.25, 0.3) is 0 Å². The zero-order chi connectivity index (χ0) is 30.0. The third-order valence-corrected chi connectivity index (χ3v) is 11.4. The topological polar surface area (TPSA) is 92.5 Å². The lowest BCUT2D eigenvalue weighted by Crippen LogP contribution is -2.47. The fourth-order valence-corrected chi connectivity index (χ4v) is 8.84. The standard InChI is InChI=1S/C30H38ClF4N3O4/c31-21-5-3-4-20(29(10-11-29)30(33,34)35)24(21)27(40)38-23-15-16(26(39)37-12-1-2-13-37)6-9-19(23)25(36-38)18-8-7-17(28(41)42)14-22(18)32/h16-18,20-22,24H,1-15H2,(H,41,42). The lowest BCUT2D eigenvalue weighted by atomic mass is 9.69. The number of aliphatic carboxylic acids is 1. The minimum Gasteiger partial charge on any atom is -0.481 e. The number of alkyl halides is 5. The van der Waals surface area contributed by atoms with Gasteiger partial charge in [0.25, 0.3) is 5.91 Å². The lowest BCUT2D eigenvalue weighted by molar-refractivity contribution is -0.209. The number of likely N-dealkylation sites (tertiary alicyclic amines) is 1. The first-order chi connectivity index (χ1) is 19.9. The summed E-state index contributed by atoms with van der Waals surface area (Å²) in [6, 6.07) is 0. The molecule has 6 rings (SSSR count). The quantitative estimate of drug-likeness (QED) is 0.328. The van der Waals surface area contributed by atoms with Gasteiger partial charge in [0.05, 0.1) is 28.6 Å². The highest BCUT2D eigenvalue weighted by atomic mass is 35.5. The van der Waals surface area contributed by atoms with Gasteiger partial charge in [-0.05, 0) is 82.1 Å². The molecular formula is C30H38ClF4N3O4. The molecule has 3 saturated carbocycles. The average molecular weight is 616 g/mol. The number of hydrogen-bond acceptors (Lipinski definition) is 4. The summed E-state index contributed by atoms with van der Waals surface area (Å²) < 4.78 is 59.5. The molecule has 42 heavy (non-hydrogen) atoms. The maximum absolute atomic E-state index is 15.5. The third kappa shape index (κ3) is 5.05. The molecule has 0 bridgehead atoms.